The van der Waals surface area contributed by atoms with Gasteiger partial charge in [0.15, 0.2) is 0 Å². The third-order valence-electron chi connectivity index (χ3n) is 1.28. The van der Waals surface area contributed by atoms with Crippen molar-refractivity contribution < 1.29 is 32.4 Å². The van der Waals surface area contributed by atoms with Gasteiger partial charge in [0, 0.05) is 7.11 Å². The van der Waals surface area contributed by atoms with Crippen LogP contribution >= 0.6 is 7.91 Å². The summed E-state index contributed by atoms with van der Waals surface area (Å²) in [6.07, 6.45) is 0. The molecule has 0 aliphatic heterocycles. The van der Waals surface area contributed by atoms with Crippen molar-refractivity contribution in [2.24, 2.45) is 0 Å². The SMILES string of the molecule is COCCOCCOCCOP(=O)(O)F. The van der Waals surface area contributed by atoms with Crippen LogP contribution in [-0.2, 0) is 23.3 Å². The molecule has 0 bridgehead atoms. The van der Waals surface area contributed by atoms with Crippen LogP contribution in [0, 0.1) is 0 Å². The first-order valence-electron chi connectivity index (χ1n) is 4.37. The summed E-state index contributed by atoms with van der Waals surface area (Å²) in [7, 11) is -3.29. The van der Waals surface area contributed by atoms with Crippen LogP contribution in [0.1, 0.15) is 0 Å². The maximum atomic E-state index is 11.9. The van der Waals surface area contributed by atoms with Gasteiger partial charge in [-0.05, 0) is 0 Å². The summed E-state index contributed by atoms with van der Waals surface area (Å²) in [5, 5.41) is 0. The fourth-order valence-corrected chi connectivity index (χ4v) is 0.973. The zero-order valence-corrected chi connectivity index (χ0v) is 9.45. The fourth-order valence-electron chi connectivity index (χ4n) is 0.673. The van der Waals surface area contributed by atoms with Gasteiger partial charge in [0.05, 0.1) is 39.6 Å². The molecule has 0 amide bonds. The molecule has 0 aromatic heterocycles. The van der Waals surface area contributed by atoms with Crippen LogP contribution in [0.4, 0.5) is 4.20 Å². The fraction of sp³-hybridized carbons (Fsp3) is 1.00. The number of halogens is 1. The zero-order valence-electron chi connectivity index (χ0n) is 8.56. The molecule has 15 heavy (non-hydrogen) atoms. The average Bonchev–Trinajstić information content (AvgIpc) is 2.14. The highest BCUT2D eigenvalue weighted by Gasteiger charge is 2.15. The van der Waals surface area contributed by atoms with Crippen LogP contribution in [0.5, 0.6) is 0 Å². The summed E-state index contributed by atoms with van der Waals surface area (Å²) < 4.78 is 40.5. The lowest BCUT2D eigenvalue weighted by molar-refractivity contribution is 0.0163. The maximum absolute atomic E-state index is 11.9. The maximum Gasteiger partial charge on any atom is 0.510 e. The summed E-state index contributed by atoms with van der Waals surface area (Å²) in [5.41, 5.74) is 0. The highest BCUT2D eigenvalue weighted by Crippen LogP contribution is 2.42. The van der Waals surface area contributed by atoms with E-state index in [0.717, 1.165) is 0 Å². The third-order valence-corrected chi connectivity index (χ3v) is 1.78. The smallest absolute Gasteiger partial charge is 0.382 e. The van der Waals surface area contributed by atoms with Gasteiger partial charge >= 0.3 is 7.91 Å². The molecule has 92 valence electrons. The number of ether oxygens (including phenoxy) is 3. The molecular weight excluding hydrogens is 230 g/mol. The second-order valence-corrected chi connectivity index (χ2v) is 3.66. The Morgan fingerprint density at radius 3 is 2.00 bits per heavy atom. The van der Waals surface area contributed by atoms with Crippen LogP contribution in [-0.4, -0.2) is 51.6 Å². The van der Waals surface area contributed by atoms with E-state index in [4.69, 9.17) is 19.1 Å². The van der Waals surface area contributed by atoms with E-state index < -0.39 is 7.91 Å². The minimum absolute atomic E-state index is 0.0438. The molecule has 0 aromatic rings. The van der Waals surface area contributed by atoms with Crippen LogP contribution in [0.15, 0.2) is 0 Å². The number of methoxy groups -OCH3 is 1. The second kappa shape index (κ2) is 9.21. The molecule has 1 unspecified atom stereocenters. The monoisotopic (exact) mass is 246 g/mol. The topological polar surface area (TPSA) is 74.2 Å². The third kappa shape index (κ3) is 14.0. The van der Waals surface area contributed by atoms with Crippen LogP contribution < -0.4 is 0 Å². The lowest BCUT2D eigenvalue weighted by Gasteiger charge is -2.05. The molecule has 0 spiro atoms. The summed E-state index contributed by atoms with van der Waals surface area (Å²) in [6, 6.07) is 0. The van der Waals surface area contributed by atoms with Crippen molar-refractivity contribution in [2.75, 3.05) is 46.8 Å². The number of hydrogen-bond donors (Lipinski definition) is 1. The summed E-state index contributed by atoms with van der Waals surface area (Å²) in [6.45, 7) is 1.47. The van der Waals surface area contributed by atoms with Crippen molar-refractivity contribution in [1.82, 2.24) is 0 Å². The van der Waals surface area contributed by atoms with Gasteiger partial charge in [0.25, 0.3) is 0 Å². The van der Waals surface area contributed by atoms with Crippen molar-refractivity contribution in [2.45, 2.75) is 0 Å². The largest absolute Gasteiger partial charge is 0.510 e. The molecule has 6 nitrogen and oxygen atoms in total. The van der Waals surface area contributed by atoms with E-state index in [-0.39, 0.29) is 13.2 Å². The Hall–Kier alpha value is -0.0400. The molecular formula is C7H16FO6P. The Kier molecular flexibility index (Phi) is 9.18. The molecule has 0 heterocycles. The quantitative estimate of drug-likeness (QED) is 0.453. The van der Waals surface area contributed by atoms with Gasteiger partial charge in [-0.15, -0.1) is 4.20 Å². The Labute approximate surface area is 87.9 Å². The predicted octanol–water partition coefficient (Wildman–Crippen LogP) is 0.752. The molecule has 0 radical (unpaired) electrons. The van der Waals surface area contributed by atoms with E-state index in [1.165, 1.54) is 0 Å². The first-order chi connectivity index (χ1) is 7.06. The zero-order chi connectivity index (χ0) is 11.6. The van der Waals surface area contributed by atoms with E-state index in [1.807, 2.05) is 0 Å². The highest BCUT2D eigenvalue weighted by atomic mass is 31.2. The molecule has 0 rings (SSSR count). The number of hydrogen-bond acceptors (Lipinski definition) is 5. The molecule has 0 aliphatic rings. The van der Waals surface area contributed by atoms with Gasteiger partial charge < -0.3 is 14.2 Å². The Balaban J connectivity index is 3.02. The molecule has 0 aromatic carbocycles. The first kappa shape index (κ1) is 15.0. The van der Waals surface area contributed by atoms with Gasteiger partial charge in [0.2, 0.25) is 0 Å². The van der Waals surface area contributed by atoms with E-state index in [0.29, 0.717) is 26.4 Å². The molecule has 1 N–H and O–H groups in total. The van der Waals surface area contributed by atoms with Crippen LogP contribution in [0.3, 0.4) is 0 Å². The molecule has 8 heteroatoms. The molecule has 1 atom stereocenters. The lowest BCUT2D eigenvalue weighted by atomic mass is 10.7. The Bertz CT molecular complexity index is 184. The summed E-state index contributed by atoms with van der Waals surface area (Å²) >= 11 is 0. The normalized spacial score (nSPS) is 15.1. The molecule has 0 fully saturated rings. The average molecular weight is 246 g/mol. The van der Waals surface area contributed by atoms with Gasteiger partial charge in [0.1, 0.15) is 0 Å². The van der Waals surface area contributed by atoms with E-state index in [1.54, 1.807) is 7.11 Å². The van der Waals surface area contributed by atoms with Crippen LogP contribution in [0.2, 0.25) is 0 Å². The second-order valence-electron chi connectivity index (χ2n) is 2.50. The minimum atomic E-state index is -4.86. The standard InChI is InChI=1S/C7H16FO6P/c1-11-2-3-12-4-5-13-6-7-14-15(8,9)10/h2-7H2,1H3,(H,9,10). The summed E-state index contributed by atoms with van der Waals surface area (Å²) in [4.78, 5) is 8.09. The Morgan fingerprint density at radius 1 is 1.07 bits per heavy atom. The molecule has 0 saturated carbocycles. The number of rotatable bonds is 10. The van der Waals surface area contributed by atoms with Crippen molar-refractivity contribution in [3.05, 3.63) is 0 Å². The van der Waals surface area contributed by atoms with Crippen molar-refractivity contribution in [1.29, 1.82) is 0 Å². The van der Waals surface area contributed by atoms with Crippen molar-refractivity contribution in [3.63, 3.8) is 0 Å². The molecule has 0 aliphatic carbocycles. The van der Waals surface area contributed by atoms with Crippen molar-refractivity contribution >= 4 is 7.91 Å². The van der Waals surface area contributed by atoms with Gasteiger partial charge in [-0.25, -0.2) is 4.57 Å². The van der Waals surface area contributed by atoms with E-state index in [2.05, 4.69) is 4.52 Å². The predicted molar refractivity (Wildman–Crippen MR) is 50.4 cm³/mol. The minimum Gasteiger partial charge on any atom is -0.382 e. The molecule has 0 saturated heterocycles. The summed E-state index contributed by atoms with van der Waals surface area (Å²) in [5.74, 6) is 0. The van der Waals surface area contributed by atoms with E-state index >= 15 is 0 Å². The van der Waals surface area contributed by atoms with Crippen LogP contribution in [0.25, 0.3) is 0 Å². The van der Waals surface area contributed by atoms with Gasteiger partial charge in [-0.3, -0.25) is 9.42 Å². The highest BCUT2D eigenvalue weighted by molar-refractivity contribution is 7.46. The van der Waals surface area contributed by atoms with Gasteiger partial charge in [-0.1, -0.05) is 0 Å². The first-order valence-corrected chi connectivity index (χ1v) is 5.84. The van der Waals surface area contributed by atoms with Gasteiger partial charge in [-0.2, -0.15) is 0 Å². The van der Waals surface area contributed by atoms with E-state index in [9.17, 15) is 8.76 Å². The van der Waals surface area contributed by atoms with Crippen molar-refractivity contribution in [3.8, 4) is 0 Å². The lowest BCUT2D eigenvalue weighted by Crippen LogP contribution is -2.10. The Morgan fingerprint density at radius 2 is 1.53 bits per heavy atom.